The van der Waals surface area contributed by atoms with E-state index < -0.39 is 8.56 Å². The first-order valence-electron chi connectivity index (χ1n) is 13.6. The van der Waals surface area contributed by atoms with Crippen LogP contribution in [0.3, 0.4) is 0 Å². The molecule has 1 unspecified atom stereocenters. The predicted octanol–water partition coefficient (Wildman–Crippen LogP) is 7.83. The summed E-state index contributed by atoms with van der Waals surface area (Å²) in [6.07, 6.45) is 21.7. The molecule has 0 rings (SSSR count). The summed E-state index contributed by atoms with van der Waals surface area (Å²) in [5, 5.41) is 3.20. The van der Waals surface area contributed by atoms with E-state index >= 15 is 0 Å². The fourth-order valence-corrected chi connectivity index (χ4v) is 7.14. The number of unbranched alkanes of at least 4 members (excludes halogenated alkanes) is 14. The van der Waals surface area contributed by atoms with E-state index in [1.54, 1.807) is 0 Å². The Morgan fingerprint density at radius 1 is 0.677 bits per heavy atom. The molecule has 0 radical (unpaired) electrons. The third-order valence-corrected chi connectivity index (χ3v) is 9.79. The fraction of sp³-hybridized carbons (Fsp3) is 0.962. The van der Waals surface area contributed by atoms with Gasteiger partial charge >= 0.3 is 8.56 Å². The van der Waals surface area contributed by atoms with Crippen LogP contribution in [0.5, 0.6) is 0 Å². The number of carbonyl (C=O) groups is 1. The minimum Gasteiger partial charge on any atom is -0.394 e. The predicted molar refractivity (Wildman–Crippen MR) is 137 cm³/mol. The van der Waals surface area contributed by atoms with E-state index in [1.807, 2.05) is 13.8 Å². The van der Waals surface area contributed by atoms with Crippen molar-refractivity contribution in [1.82, 2.24) is 5.32 Å². The zero-order valence-corrected chi connectivity index (χ0v) is 22.7. The van der Waals surface area contributed by atoms with Crippen molar-refractivity contribution in [3.63, 3.8) is 0 Å². The van der Waals surface area contributed by atoms with Gasteiger partial charge in [-0.15, -0.1) is 0 Å². The van der Waals surface area contributed by atoms with Gasteiger partial charge in [0, 0.05) is 19.6 Å². The third kappa shape index (κ3) is 16.8. The van der Waals surface area contributed by atoms with Crippen LogP contribution in [0.25, 0.3) is 0 Å². The van der Waals surface area contributed by atoms with Crippen molar-refractivity contribution in [3.8, 4) is 0 Å². The number of carbonyl (C=O) groups excluding carboxylic acids is 1. The van der Waals surface area contributed by atoms with Gasteiger partial charge < -0.3 is 14.2 Å². The highest BCUT2D eigenvalue weighted by Crippen LogP contribution is 2.17. The van der Waals surface area contributed by atoms with E-state index in [4.69, 9.17) is 8.85 Å². The Hall–Kier alpha value is -0.393. The number of hydrogen-bond donors (Lipinski definition) is 1. The highest BCUT2D eigenvalue weighted by atomic mass is 28.4. The van der Waals surface area contributed by atoms with Crippen molar-refractivity contribution >= 4 is 14.5 Å². The molecule has 0 aliphatic heterocycles. The van der Waals surface area contributed by atoms with E-state index in [0.29, 0.717) is 19.6 Å². The molecule has 0 spiro atoms. The molecule has 5 heteroatoms. The topological polar surface area (TPSA) is 47.6 Å². The van der Waals surface area contributed by atoms with Gasteiger partial charge in [0.2, 0.25) is 5.91 Å². The SMILES string of the molecule is CCCCCCCCCCCCCCCCCC(=O)NC(CC)[Si](C)(OCC)OCC. The molecule has 0 fully saturated rings. The van der Waals surface area contributed by atoms with Crippen molar-refractivity contribution in [2.45, 2.75) is 149 Å². The van der Waals surface area contributed by atoms with Crippen LogP contribution in [-0.2, 0) is 13.6 Å². The number of amides is 1. The summed E-state index contributed by atoms with van der Waals surface area (Å²) < 4.78 is 11.9. The van der Waals surface area contributed by atoms with Gasteiger partial charge in [0.1, 0.15) is 0 Å². The molecule has 0 saturated heterocycles. The molecule has 186 valence electrons. The molecule has 0 aromatic rings. The van der Waals surface area contributed by atoms with Crippen molar-refractivity contribution in [1.29, 1.82) is 0 Å². The second-order valence-corrected chi connectivity index (χ2v) is 12.4. The van der Waals surface area contributed by atoms with Crippen LogP contribution in [0.15, 0.2) is 0 Å². The minimum atomic E-state index is -2.36. The Balaban J connectivity index is 3.66. The molecule has 1 atom stereocenters. The van der Waals surface area contributed by atoms with Gasteiger partial charge in [-0.05, 0) is 33.2 Å². The maximum Gasteiger partial charge on any atom is 0.358 e. The molecule has 4 nitrogen and oxygen atoms in total. The van der Waals surface area contributed by atoms with Crippen molar-refractivity contribution < 1.29 is 13.6 Å². The number of hydrogen-bond acceptors (Lipinski definition) is 3. The van der Waals surface area contributed by atoms with Crippen molar-refractivity contribution in [2.24, 2.45) is 0 Å². The molecule has 0 saturated carbocycles. The maximum atomic E-state index is 12.4. The first kappa shape index (κ1) is 30.6. The Morgan fingerprint density at radius 3 is 1.42 bits per heavy atom. The Labute approximate surface area is 195 Å². The van der Waals surface area contributed by atoms with Crippen LogP contribution in [0.1, 0.15) is 137 Å². The molecular weight excluding hydrogens is 402 g/mol. The molecule has 1 amide bonds. The average Bonchev–Trinajstić information content (AvgIpc) is 2.75. The molecule has 31 heavy (non-hydrogen) atoms. The van der Waals surface area contributed by atoms with Gasteiger partial charge in [-0.3, -0.25) is 4.79 Å². The van der Waals surface area contributed by atoms with Crippen LogP contribution in [0.4, 0.5) is 0 Å². The number of nitrogens with one attached hydrogen (secondary N) is 1. The van der Waals surface area contributed by atoms with Gasteiger partial charge in [0.25, 0.3) is 0 Å². The molecule has 0 aromatic heterocycles. The molecule has 0 aliphatic carbocycles. The first-order chi connectivity index (χ1) is 15.0. The maximum absolute atomic E-state index is 12.4. The van der Waals surface area contributed by atoms with Crippen molar-refractivity contribution in [3.05, 3.63) is 0 Å². The largest absolute Gasteiger partial charge is 0.394 e. The Bertz CT molecular complexity index is 400. The summed E-state index contributed by atoms with van der Waals surface area (Å²) in [7, 11) is -2.36. The standard InChI is InChI=1S/C26H55NO3Si/c1-6-10-11-12-13-14-15-16-17-18-19-20-21-22-23-24-25(28)27-26(7-2)31(5,29-8-3)30-9-4/h26H,6-24H2,1-5H3,(H,27,28). The van der Waals surface area contributed by atoms with Gasteiger partial charge in [0.15, 0.2) is 0 Å². The zero-order valence-electron chi connectivity index (χ0n) is 21.7. The van der Waals surface area contributed by atoms with Crippen LogP contribution in [0.2, 0.25) is 6.55 Å². The average molecular weight is 458 g/mol. The second kappa shape index (κ2) is 21.5. The van der Waals surface area contributed by atoms with E-state index in [9.17, 15) is 4.79 Å². The zero-order chi connectivity index (χ0) is 23.2. The van der Waals surface area contributed by atoms with Crippen LogP contribution in [0, 0.1) is 0 Å². The second-order valence-electron chi connectivity index (χ2n) is 9.11. The molecule has 0 aromatic carbocycles. The lowest BCUT2D eigenvalue weighted by Gasteiger charge is -2.33. The lowest BCUT2D eigenvalue weighted by molar-refractivity contribution is -0.121. The van der Waals surface area contributed by atoms with E-state index in [2.05, 4.69) is 25.7 Å². The number of rotatable bonds is 23. The molecule has 0 heterocycles. The van der Waals surface area contributed by atoms with Gasteiger partial charge in [-0.25, -0.2) is 0 Å². The lowest BCUT2D eigenvalue weighted by Crippen LogP contribution is -2.58. The monoisotopic (exact) mass is 457 g/mol. The van der Waals surface area contributed by atoms with Gasteiger partial charge in [-0.2, -0.15) is 0 Å². The highest BCUT2D eigenvalue weighted by molar-refractivity contribution is 6.68. The summed E-state index contributed by atoms with van der Waals surface area (Å²) in [6, 6.07) is 0. The highest BCUT2D eigenvalue weighted by Gasteiger charge is 2.40. The molecule has 0 bridgehead atoms. The third-order valence-electron chi connectivity index (χ3n) is 6.25. The molecular formula is C26H55NO3Si. The molecule has 0 aliphatic rings. The Morgan fingerprint density at radius 2 is 1.06 bits per heavy atom. The normalized spacial score (nSPS) is 12.8. The van der Waals surface area contributed by atoms with E-state index in [0.717, 1.165) is 19.3 Å². The van der Waals surface area contributed by atoms with E-state index in [-0.39, 0.29) is 11.6 Å². The van der Waals surface area contributed by atoms with Crippen LogP contribution < -0.4 is 5.32 Å². The Kier molecular flexibility index (Phi) is 21.2. The van der Waals surface area contributed by atoms with Gasteiger partial charge in [-0.1, -0.05) is 104 Å². The summed E-state index contributed by atoms with van der Waals surface area (Å²) in [6.45, 7) is 11.7. The van der Waals surface area contributed by atoms with Gasteiger partial charge in [0.05, 0.1) is 5.67 Å². The fourth-order valence-electron chi connectivity index (χ4n) is 4.34. The first-order valence-corrected chi connectivity index (χ1v) is 16.0. The quantitative estimate of drug-likeness (QED) is 0.126. The smallest absolute Gasteiger partial charge is 0.358 e. The minimum absolute atomic E-state index is 0.0243. The summed E-state index contributed by atoms with van der Waals surface area (Å²) in [5.41, 5.74) is 0.0243. The summed E-state index contributed by atoms with van der Waals surface area (Å²) in [4.78, 5) is 12.4. The summed E-state index contributed by atoms with van der Waals surface area (Å²) >= 11 is 0. The molecule has 1 N–H and O–H groups in total. The summed E-state index contributed by atoms with van der Waals surface area (Å²) in [5.74, 6) is 0.152. The van der Waals surface area contributed by atoms with Crippen molar-refractivity contribution in [2.75, 3.05) is 13.2 Å². The van der Waals surface area contributed by atoms with Crippen LogP contribution in [-0.4, -0.2) is 33.3 Å². The van der Waals surface area contributed by atoms with Crippen LogP contribution >= 0.6 is 0 Å². The lowest BCUT2D eigenvalue weighted by atomic mass is 10.0. The van der Waals surface area contributed by atoms with E-state index in [1.165, 1.54) is 83.5 Å².